The molecule has 0 aliphatic heterocycles. The van der Waals surface area contributed by atoms with E-state index in [1.807, 2.05) is 18.8 Å². The van der Waals surface area contributed by atoms with Gasteiger partial charge in [-0.05, 0) is 12.3 Å². The molecule has 7 heteroatoms. The first-order chi connectivity index (χ1) is 8.38. The number of rotatable bonds is 4. The van der Waals surface area contributed by atoms with Gasteiger partial charge < -0.3 is 10.4 Å². The van der Waals surface area contributed by atoms with Crippen LogP contribution in [0.3, 0.4) is 0 Å². The molecule has 1 rings (SSSR count). The number of amides is 1. The van der Waals surface area contributed by atoms with E-state index in [1.54, 1.807) is 0 Å². The maximum Gasteiger partial charge on any atom is 0.331 e. The summed E-state index contributed by atoms with van der Waals surface area (Å²) in [6.45, 7) is 4.17. The highest BCUT2D eigenvalue weighted by atomic mass is 16.3. The van der Waals surface area contributed by atoms with Gasteiger partial charge in [-0.3, -0.25) is 19.1 Å². The van der Waals surface area contributed by atoms with E-state index in [2.05, 4.69) is 5.32 Å². The Kier molecular flexibility index (Phi) is 4.30. The SMILES string of the molecule is CNC(=O)c1c(O)n(CCC(C)C)c(=O)[nH]c1=O. The molecule has 0 saturated heterocycles. The maximum absolute atomic E-state index is 11.6. The summed E-state index contributed by atoms with van der Waals surface area (Å²) in [6, 6.07) is 0. The maximum atomic E-state index is 11.6. The smallest absolute Gasteiger partial charge is 0.331 e. The highest BCUT2D eigenvalue weighted by Gasteiger charge is 2.19. The molecule has 0 aliphatic carbocycles. The predicted octanol–water partition coefficient (Wildman–Crippen LogP) is -0.352. The molecule has 1 aromatic rings. The van der Waals surface area contributed by atoms with E-state index in [0.717, 1.165) is 4.57 Å². The Hall–Kier alpha value is -2.05. The number of hydrogen-bond donors (Lipinski definition) is 3. The predicted molar refractivity (Wildman–Crippen MR) is 65.8 cm³/mol. The van der Waals surface area contributed by atoms with Gasteiger partial charge in [0, 0.05) is 13.6 Å². The summed E-state index contributed by atoms with van der Waals surface area (Å²) in [7, 11) is 1.34. The van der Waals surface area contributed by atoms with Crippen LogP contribution >= 0.6 is 0 Å². The van der Waals surface area contributed by atoms with Crippen LogP contribution in [0, 0.1) is 5.92 Å². The fourth-order valence-corrected chi connectivity index (χ4v) is 1.48. The molecule has 0 aromatic carbocycles. The summed E-state index contributed by atoms with van der Waals surface area (Å²) < 4.78 is 0.992. The van der Waals surface area contributed by atoms with Crippen molar-refractivity contribution in [3.8, 4) is 5.88 Å². The number of hydrogen-bond acceptors (Lipinski definition) is 4. The number of aromatic nitrogens is 2. The molecule has 3 N–H and O–H groups in total. The van der Waals surface area contributed by atoms with Crippen molar-refractivity contribution >= 4 is 5.91 Å². The first-order valence-corrected chi connectivity index (χ1v) is 5.66. The summed E-state index contributed by atoms with van der Waals surface area (Å²) >= 11 is 0. The number of aromatic amines is 1. The molecule has 0 saturated carbocycles. The van der Waals surface area contributed by atoms with Crippen LogP contribution in [0.15, 0.2) is 9.59 Å². The van der Waals surface area contributed by atoms with Gasteiger partial charge in [0.2, 0.25) is 5.88 Å². The van der Waals surface area contributed by atoms with E-state index in [4.69, 9.17) is 0 Å². The molecule has 0 spiro atoms. The largest absolute Gasteiger partial charge is 0.494 e. The molecule has 7 nitrogen and oxygen atoms in total. The normalized spacial score (nSPS) is 10.7. The van der Waals surface area contributed by atoms with Crippen LogP contribution in [0.1, 0.15) is 30.6 Å². The quantitative estimate of drug-likeness (QED) is 0.683. The van der Waals surface area contributed by atoms with Crippen LogP contribution in [-0.2, 0) is 6.54 Å². The number of nitrogens with zero attached hydrogens (tertiary/aromatic N) is 1. The first-order valence-electron chi connectivity index (χ1n) is 5.66. The van der Waals surface area contributed by atoms with E-state index in [0.29, 0.717) is 12.3 Å². The first kappa shape index (κ1) is 14.0. The fraction of sp³-hybridized carbons (Fsp3) is 0.545. The summed E-state index contributed by atoms with van der Waals surface area (Å²) in [5.74, 6) is -0.998. The Bertz CT molecular complexity index is 556. The van der Waals surface area contributed by atoms with Gasteiger partial charge in [-0.15, -0.1) is 0 Å². The summed E-state index contributed by atoms with van der Waals surface area (Å²) in [5.41, 5.74) is -2.05. The molecular weight excluding hydrogens is 238 g/mol. The Balaban J connectivity index is 3.31. The average molecular weight is 255 g/mol. The lowest BCUT2D eigenvalue weighted by Crippen LogP contribution is -2.36. The van der Waals surface area contributed by atoms with Crippen LogP contribution in [0.25, 0.3) is 0 Å². The van der Waals surface area contributed by atoms with Gasteiger partial charge in [0.15, 0.2) is 5.56 Å². The number of carbonyl (C=O) groups is 1. The third-order valence-corrected chi connectivity index (χ3v) is 2.56. The van der Waals surface area contributed by atoms with Gasteiger partial charge in [0.1, 0.15) is 0 Å². The van der Waals surface area contributed by atoms with E-state index >= 15 is 0 Å². The number of nitrogens with one attached hydrogen (secondary N) is 2. The van der Waals surface area contributed by atoms with Crippen molar-refractivity contribution in [1.82, 2.24) is 14.9 Å². The molecular formula is C11H17N3O4. The van der Waals surface area contributed by atoms with Gasteiger partial charge in [-0.25, -0.2) is 4.79 Å². The minimum atomic E-state index is -0.891. The third-order valence-electron chi connectivity index (χ3n) is 2.56. The molecule has 18 heavy (non-hydrogen) atoms. The van der Waals surface area contributed by atoms with Crippen molar-refractivity contribution < 1.29 is 9.90 Å². The molecule has 0 bridgehead atoms. The number of carbonyl (C=O) groups excluding carboxylic acids is 1. The molecule has 0 fully saturated rings. The monoisotopic (exact) mass is 255 g/mol. The van der Waals surface area contributed by atoms with Crippen molar-refractivity contribution in [2.24, 2.45) is 5.92 Å². The highest BCUT2D eigenvalue weighted by Crippen LogP contribution is 2.11. The van der Waals surface area contributed by atoms with Crippen LogP contribution in [0.2, 0.25) is 0 Å². The van der Waals surface area contributed by atoms with Gasteiger partial charge in [-0.2, -0.15) is 0 Å². The minimum absolute atomic E-state index is 0.239. The molecule has 100 valence electrons. The van der Waals surface area contributed by atoms with Crippen molar-refractivity contribution in [2.75, 3.05) is 7.05 Å². The number of aromatic hydroxyl groups is 1. The van der Waals surface area contributed by atoms with E-state index in [9.17, 15) is 19.5 Å². The Labute approximate surface area is 103 Å². The Morgan fingerprint density at radius 3 is 2.56 bits per heavy atom. The van der Waals surface area contributed by atoms with Crippen LogP contribution in [0.4, 0.5) is 0 Å². The second kappa shape index (κ2) is 5.52. The Morgan fingerprint density at radius 2 is 2.06 bits per heavy atom. The van der Waals surface area contributed by atoms with Crippen molar-refractivity contribution in [2.45, 2.75) is 26.8 Å². The third kappa shape index (κ3) is 2.79. The van der Waals surface area contributed by atoms with Gasteiger partial charge in [0.25, 0.3) is 11.5 Å². The highest BCUT2D eigenvalue weighted by molar-refractivity contribution is 5.95. The summed E-state index contributed by atoms with van der Waals surface area (Å²) in [5, 5.41) is 12.1. The van der Waals surface area contributed by atoms with Crippen molar-refractivity contribution in [3.63, 3.8) is 0 Å². The molecule has 0 unspecified atom stereocenters. The van der Waals surface area contributed by atoms with Crippen molar-refractivity contribution in [3.05, 3.63) is 26.4 Å². The summed E-state index contributed by atoms with van der Waals surface area (Å²) in [6.07, 6.45) is 0.646. The molecule has 0 aliphatic rings. The van der Waals surface area contributed by atoms with E-state index < -0.39 is 28.6 Å². The van der Waals surface area contributed by atoms with Gasteiger partial charge >= 0.3 is 5.69 Å². The number of H-pyrrole nitrogens is 1. The average Bonchev–Trinajstić information content (AvgIpc) is 2.27. The molecule has 0 atom stereocenters. The Morgan fingerprint density at radius 1 is 1.44 bits per heavy atom. The fourth-order valence-electron chi connectivity index (χ4n) is 1.48. The minimum Gasteiger partial charge on any atom is -0.494 e. The lowest BCUT2D eigenvalue weighted by Gasteiger charge is -2.11. The second-order valence-corrected chi connectivity index (χ2v) is 4.37. The van der Waals surface area contributed by atoms with Crippen LogP contribution < -0.4 is 16.6 Å². The van der Waals surface area contributed by atoms with Gasteiger partial charge in [0.05, 0.1) is 0 Å². The summed E-state index contributed by atoms with van der Waals surface area (Å²) in [4.78, 5) is 36.5. The van der Waals surface area contributed by atoms with E-state index in [1.165, 1.54) is 7.05 Å². The van der Waals surface area contributed by atoms with Gasteiger partial charge in [-0.1, -0.05) is 13.8 Å². The zero-order chi connectivity index (χ0) is 13.9. The lowest BCUT2D eigenvalue weighted by molar-refractivity contribution is 0.0956. The zero-order valence-corrected chi connectivity index (χ0v) is 10.6. The molecule has 1 amide bonds. The lowest BCUT2D eigenvalue weighted by atomic mass is 10.1. The molecule has 0 radical (unpaired) electrons. The van der Waals surface area contributed by atoms with Crippen LogP contribution in [-0.4, -0.2) is 27.6 Å². The van der Waals surface area contributed by atoms with Crippen LogP contribution in [0.5, 0.6) is 5.88 Å². The van der Waals surface area contributed by atoms with Crippen molar-refractivity contribution in [1.29, 1.82) is 0 Å². The van der Waals surface area contributed by atoms with E-state index in [-0.39, 0.29) is 6.54 Å². The zero-order valence-electron chi connectivity index (χ0n) is 10.6. The second-order valence-electron chi connectivity index (χ2n) is 4.37. The molecule has 1 aromatic heterocycles. The standard InChI is InChI=1S/C11H17N3O4/c1-6(2)4-5-14-10(17)7(8(15)12-3)9(16)13-11(14)18/h6,17H,4-5H2,1-3H3,(H,12,15)(H,13,16,18). The molecule has 1 heterocycles. The topological polar surface area (TPSA) is 104 Å².